The molecule has 0 aromatic rings. The van der Waals surface area contributed by atoms with Gasteiger partial charge in [-0.3, -0.25) is 9.59 Å². The zero-order valence-corrected chi connectivity index (χ0v) is 22.5. The molecule has 4 aliphatic rings. The molecule has 4 rings (SSSR count). The lowest BCUT2D eigenvalue weighted by atomic mass is 9.41. The van der Waals surface area contributed by atoms with E-state index in [1.54, 1.807) is 7.05 Å². The summed E-state index contributed by atoms with van der Waals surface area (Å²) < 4.78 is 12.0. The van der Waals surface area contributed by atoms with Crippen LogP contribution >= 0.6 is 0 Å². The van der Waals surface area contributed by atoms with E-state index in [9.17, 15) is 14.9 Å². The van der Waals surface area contributed by atoms with Gasteiger partial charge in [0.15, 0.2) is 0 Å². The first-order chi connectivity index (χ1) is 16.7. The fourth-order valence-electron chi connectivity index (χ4n) is 9.45. The summed E-state index contributed by atoms with van der Waals surface area (Å²) >= 11 is 0. The molecule has 4 aliphatic carbocycles. The molecule has 0 amide bonds. The van der Waals surface area contributed by atoms with Gasteiger partial charge in [-0.25, -0.2) is 0 Å². The van der Waals surface area contributed by atoms with Gasteiger partial charge in [-0.1, -0.05) is 40.0 Å². The van der Waals surface area contributed by atoms with Crippen molar-refractivity contribution in [3.05, 3.63) is 0 Å². The Balaban J connectivity index is 1.72. The molecule has 0 spiro atoms. The summed E-state index contributed by atoms with van der Waals surface area (Å²) in [7, 11) is 1.76. The van der Waals surface area contributed by atoms with Gasteiger partial charge in [0.05, 0.1) is 18.5 Å². The number of unbranched alkanes of at least 4 members (excludes halogenated alkanes) is 1. The number of fused-ring (bicyclic) bond motifs is 5. The molecule has 10 atom stereocenters. The molecule has 1 unspecified atom stereocenters. The molecular formula is C29H46N2O4. The van der Waals surface area contributed by atoms with Crippen LogP contribution in [0.25, 0.3) is 0 Å². The molecule has 0 saturated heterocycles. The lowest BCUT2D eigenvalue weighted by Gasteiger charge is -2.64. The van der Waals surface area contributed by atoms with Gasteiger partial charge in [-0.15, -0.1) is 0 Å². The zero-order chi connectivity index (χ0) is 25.4. The third-order valence-electron chi connectivity index (χ3n) is 10.8. The maximum Gasteiger partial charge on any atom is 0.320 e. The topological polar surface area (TPSA) is 88.4 Å². The average Bonchev–Trinajstić information content (AvgIpc) is 3.13. The minimum absolute atomic E-state index is 0.102. The molecule has 0 aliphatic heterocycles. The molecule has 35 heavy (non-hydrogen) atoms. The number of rotatable bonds is 7. The number of nitrogens with zero attached hydrogens (tertiary/aromatic N) is 1. The molecule has 0 radical (unpaired) electrons. The van der Waals surface area contributed by atoms with Crippen molar-refractivity contribution >= 4 is 11.9 Å². The largest absolute Gasteiger partial charge is 0.462 e. The molecule has 0 aromatic carbocycles. The highest BCUT2D eigenvalue weighted by molar-refractivity contribution is 5.72. The van der Waals surface area contributed by atoms with Crippen LogP contribution in [0.4, 0.5) is 0 Å². The number of likely N-dealkylation sites (N-methyl/N-ethyl adjacent to an activating group) is 1. The van der Waals surface area contributed by atoms with Crippen molar-refractivity contribution in [3.63, 3.8) is 0 Å². The fourth-order valence-corrected chi connectivity index (χ4v) is 9.45. The summed E-state index contributed by atoms with van der Waals surface area (Å²) in [6, 6.07) is 2.69. The first-order valence-corrected chi connectivity index (χ1v) is 14.1. The molecule has 0 heterocycles. The Bertz CT molecular complexity index is 839. The van der Waals surface area contributed by atoms with Crippen LogP contribution in [0.15, 0.2) is 0 Å². The second kappa shape index (κ2) is 10.4. The summed E-state index contributed by atoms with van der Waals surface area (Å²) in [5, 5.41) is 12.9. The van der Waals surface area contributed by atoms with E-state index in [1.165, 1.54) is 32.6 Å². The van der Waals surface area contributed by atoms with Crippen LogP contribution in [0.1, 0.15) is 91.9 Å². The summed E-state index contributed by atoms with van der Waals surface area (Å²) in [6.45, 7) is 8.73. The number of hydrogen-bond donors (Lipinski definition) is 1. The van der Waals surface area contributed by atoms with Gasteiger partial charge >= 0.3 is 11.9 Å². The van der Waals surface area contributed by atoms with Crippen molar-refractivity contribution in [3.8, 4) is 6.07 Å². The number of nitrogens with one attached hydrogen (secondary N) is 1. The van der Waals surface area contributed by atoms with Gasteiger partial charge in [0, 0.05) is 18.8 Å². The summed E-state index contributed by atoms with van der Waals surface area (Å²) in [6.07, 6.45) is 10.1. The van der Waals surface area contributed by atoms with E-state index in [2.05, 4.69) is 32.2 Å². The van der Waals surface area contributed by atoms with Crippen molar-refractivity contribution in [1.82, 2.24) is 5.32 Å². The van der Waals surface area contributed by atoms with Gasteiger partial charge < -0.3 is 14.8 Å². The van der Waals surface area contributed by atoms with Crippen molar-refractivity contribution in [2.75, 3.05) is 13.6 Å². The Morgan fingerprint density at radius 2 is 1.89 bits per heavy atom. The SMILES string of the molecule is CCCC[C@H]1C[C@]2(C)[C@@H](C#N)CC[C@H]2[C@@H]2CC[C@H]3C[C@H](OC(C)=O)CC(OC(=O)CNC)[C@]3(C)[C@@H]12. The quantitative estimate of drug-likeness (QED) is 0.494. The van der Waals surface area contributed by atoms with Crippen molar-refractivity contribution in [1.29, 1.82) is 5.26 Å². The lowest BCUT2D eigenvalue weighted by molar-refractivity contribution is -0.218. The van der Waals surface area contributed by atoms with Crippen LogP contribution in [0.5, 0.6) is 0 Å². The number of nitriles is 1. The van der Waals surface area contributed by atoms with E-state index in [1.807, 2.05) is 0 Å². The predicted molar refractivity (Wildman–Crippen MR) is 134 cm³/mol. The minimum Gasteiger partial charge on any atom is -0.462 e. The maximum atomic E-state index is 12.8. The Morgan fingerprint density at radius 1 is 1.11 bits per heavy atom. The highest BCUT2D eigenvalue weighted by atomic mass is 16.6. The molecule has 4 fully saturated rings. The van der Waals surface area contributed by atoms with Crippen LogP contribution in [0.3, 0.4) is 0 Å². The number of ether oxygens (including phenoxy) is 2. The Labute approximate surface area is 211 Å². The third-order valence-corrected chi connectivity index (χ3v) is 10.8. The molecular weight excluding hydrogens is 440 g/mol. The van der Waals surface area contributed by atoms with E-state index >= 15 is 0 Å². The normalized spacial score (nSPS) is 44.3. The van der Waals surface area contributed by atoms with Crippen molar-refractivity contribution < 1.29 is 19.1 Å². The highest BCUT2D eigenvalue weighted by Gasteiger charge is 2.66. The number of carbonyl (C=O) groups is 2. The number of hydrogen-bond acceptors (Lipinski definition) is 6. The third kappa shape index (κ3) is 4.63. The smallest absolute Gasteiger partial charge is 0.320 e. The van der Waals surface area contributed by atoms with E-state index in [-0.39, 0.29) is 47.4 Å². The summed E-state index contributed by atoms with van der Waals surface area (Å²) in [5.74, 6) is 2.23. The molecule has 6 nitrogen and oxygen atoms in total. The van der Waals surface area contributed by atoms with Crippen LogP contribution in [0.2, 0.25) is 0 Å². The van der Waals surface area contributed by atoms with E-state index < -0.39 is 0 Å². The first kappa shape index (κ1) is 26.5. The number of carbonyl (C=O) groups excluding carboxylic acids is 2. The van der Waals surface area contributed by atoms with E-state index in [0.29, 0.717) is 36.0 Å². The monoisotopic (exact) mass is 486 g/mol. The van der Waals surface area contributed by atoms with Gasteiger partial charge in [0.25, 0.3) is 0 Å². The molecule has 0 aromatic heterocycles. The second-order valence-corrected chi connectivity index (χ2v) is 12.5. The van der Waals surface area contributed by atoms with Crippen molar-refractivity contribution in [2.45, 2.75) is 104 Å². The Hall–Kier alpha value is -1.61. The van der Waals surface area contributed by atoms with Crippen molar-refractivity contribution in [2.24, 2.45) is 46.3 Å². The summed E-state index contributed by atoms with van der Waals surface area (Å²) in [4.78, 5) is 24.6. The van der Waals surface area contributed by atoms with E-state index in [4.69, 9.17) is 9.47 Å². The van der Waals surface area contributed by atoms with E-state index in [0.717, 1.165) is 32.1 Å². The second-order valence-electron chi connectivity index (χ2n) is 12.5. The van der Waals surface area contributed by atoms with Crippen LogP contribution in [0, 0.1) is 57.7 Å². The molecule has 0 bridgehead atoms. The molecule has 4 saturated carbocycles. The van der Waals surface area contributed by atoms with Crippen LogP contribution in [-0.4, -0.2) is 37.7 Å². The maximum absolute atomic E-state index is 12.8. The van der Waals surface area contributed by atoms with Gasteiger partial charge in [0.2, 0.25) is 0 Å². The van der Waals surface area contributed by atoms with Crippen LogP contribution in [-0.2, 0) is 19.1 Å². The molecule has 6 heteroatoms. The average molecular weight is 487 g/mol. The van der Waals surface area contributed by atoms with Gasteiger partial charge in [0.1, 0.15) is 12.2 Å². The highest BCUT2D eigenvalue weighted by Crippen LogP contribution is 2.69. The van der Waals surface area contributed by atoms with Crippen LogP contribution < -0.4 is 5.32 Å². The molecule has 1 N–H and O–H groups in total. The standard InChI is InChI=1S/C29H46N2O4/c1-6-7-8-19-15-28(3)21(16-30)10-12-24(28)23-11-9-20-13-22(34-18(2)32)14-25(29(20,4)27(19)23)35-26(33)17-31-5/h19-25,27,31H,6-15,17H2,1-5H3/t19-,20-,21+,22-,23-,24-,25?,27-,28+,29+/m0/s1. The zero-order valence-electron chi connectivity index (χ0n) is 22.5. The fraction of sp³-hybridized carbons (Fsp3) is 0.897. The van der Waals surface area contributed by atoms with Gasteiger partial charge in [-0.2, -0.15) is 5.26 Å². The minimum atomic E-state index is -0.254. The molecule has 196 valence electrons. The summed E-state index contributed by atoms with van der Waals surface area (Å²) in [5.41, 5.74) is -0.0296. The lowest BCUT2D eigenvalue weighted by Crippen LogP contribution is -2.62. The predicted octanol–water partition coefficient (Wildman–Crippen LogP) is 5.26. The van der Waals surface area contributed by atoms with Gasteiger partial charge in [-0.05, 0) is 80.6 Å². The first-order valence-electron chi connectivity index (χ1n) is 14.1. The number of esters is 2. The Morgan fingerprint density at radius 3 is 2.54 bits per heavy atom. The Kier molecular flexibility index (Phi) is 7.86.